The lowest BCUT2D eigenvalue weighted by Crippen LogP contribution is -2.51. The number of rotatable bonds is 2. The molecule has 96 valence electrons. The lowest BCUT2D eigenvalue weighted by Gasteiger charge is -2.33. The summed E-state index contributed by atoms with van der Waals surface area (Å²) in [5.41, 5.74) is 2.29. The van der Waals surface area contributed by atoms with Crippen molar-refractivity contribution in [2.24, 2.45) is 0 Å². The fraction of sp³-hybridized carbons (Fsp3) is 0.400. The van der Waals surface area contributed by atoms with Crippen molar-refractivity contribution >= 4 is 12.0 Å². The van der Waals surface area contributed by atoms with Crippen molar-refractivity contribution < 1.29 is 4.79 Å². The SMILES string of the molecule is Cc1ccccc1C=CC(=O)N1CCNCC1C. The van der Waals surface area contributed by atoms with Gasteiger partial charge in [0.2, 0.25) is 5.91 Å². The summed E-state index contributed by atoms with van der Waals surface area (Å²) in [5.74, 6) is 0.104. The molecule has 1 unspecified atom stereocenters. The van der Waals surface area contributed by atoms with E-state index in [4.69, 9.17) is 0 Å². The molecule has 0 saturated carbocycles. The zero-order valence-electron chi connectivity index (χ0n) is 11.0. The molecule has 1 amide bonds. The number of hydrogen-bond donors (Lipinski definition) is 1. The predicted molar refractivity (Wildman–Crippen MR) is 74.3 cm³/mol. The molecule has 0 aliphatic carbocycles. The van der Waals surface area contributed by atoms with Gasteiger partial charge < -0.3 is 10.2 Å². The van der Waals surface area contributed by atoms with Gasteiger partial charge in [0.15, 0.2) is 0 Å². The minimum atomic E-state index is 0.104. The van der Waals surface area contributed by atoms with Crippen LogP contribution in [0.25, 0.3) is 6.08 Å². The summed E-state index contributed by atoms with van der Waals surface area (Å²) >= 11 is 0. The highest BCUT2D eigenvalue weighted by molar-refractivity contribution is 5.92. The Morgan fingerprint density at radius 1 is 1.44 bits per heavy atom. The van der Waals surface area contributed by atoms with E-state index in [0.717, 1.165) is 25.2 Å². The van der Waals surface area contributed by atoms with E-state index >= 15 is 0 Å². The molecule has 0 aromatic heterocycles. The van der Waals surface area contributed by atoms with E-state index in [2.05, 4.69) is 25.2 Å². The van der Waals surface area contributed by atoms with Gasteiger partial charge in [-0.1, -0.05) is 24.3 Å². The van der Waals surface area contributed by atoms with Gasteiger partial charge in [-0.2, -0.15) is 0 Å². The molecule has 1 fully saturated rings. The second-order valence-corrected chi connectivity index (χ2v) is 4.77. The molecule has 2 rings (SSSR count). The van der Waals surface area contributed by atoms with E-state index < -0.39 is 0 Å². The number of nitrogens with one attached hydrogen (secondary N) is 1. The summed E-state index contributed by atoms with van der Waals surface area (Å²) in [6, 6.07) is 8.35. The highest BCUT2D eigenvalue weighted by Gasteiger charge is 2.20. The predicted octanol–water partition coefficient (Wildman–Crippen LogP) is 1.83. The zero-order valence-corrected chi connectivity index (χ0v) is 11.0. The third-order valence-corrected chi connectivity index (χ3v) is 3.38. The summed E-state index contributed by atoms with van der Waals surface area (Å²) in [4.78, 5) is 14.0. The Hall–Kier alpha value is -1.61. The highest BCUT2D eigenvalue weighted by atomic mass is 16.2. The van der Waals surface area contributed by atoms with Crippen molar-refractivity contribution in [3.63, 3.8) is 0 Å². The summed E-state index contributed by atoms with van der Waals surface area (Å²) in [6.45, 7) is 6.68. The minimum Gasteiger partial charge on any atom is -0.334 e. The molecule has 1 heterocycles. The van der Waals surface area contributed by atoms with E-state index in [0.29, 0.717) is 0 Å². The lowest BCUT2D eigenvalue weighted by molar-refractivity contribution is -0.128. The number of aryl methyl sites for hydroxylation is 1. The van der Waals surface area contributed by atoms with Crippen LogP contribution in [0.4, 0.5) is 0 Å². The molecule has 1 aromatic carbocycles. The lowest BCUT2D eigenvalue weighted by atomic mass is 10.1. The number of hydrogen-bond acceptors (Lipinski definition) is 2. The van der Waals surface area contributed by atoms with Gasteiger partial charge >= 0.3 is 0 Å². The van der Waals surface area contributed by atoms with Crippen molar-refractivity contribution in [1.82, 2.24) is 10.2 Å². The molecular formula is C15H20N2O. The number of benzene rings is 1. The van der Waals surface area contributed by atoms with Crippen molar-refractivity contribution in [2.45, 2.75) is 19.9 Å². The smallest absolute Gasteiger partial charge is 0.246 e. The van der Waals surface area contributed by atoms with Gasteiger partial charge in [-0.3, -0.25) is 4.79 Å². The Morgan fingerprint density at radius 2 is 2.22 bits per heavy atom. The third-order valence-electron chi connectivity index (χ3n) is 3.38. The fourth-order valence-electron chi connectivity index (χ4n) is 2.20. The first-order valence-corrected chi connectivity index (χ1v) is 6.43. The molecule has 1 saturated heterocycles. The summed E-state index contributed by atoms with van der Waals surface area (Å²) < 4.78 is 0. The van der Waals surface area contributed by atoms with Crippen LogP contribution in [-0.4, -0.2) is 36.5 Å². The number of carbonyl (C=O) groups is 1. The number of nitrogens with zero attached hydrogens (tertiary/aromatic N) is 1. The Morgan fingerprint density at radius 3 is 2.94 bits per heavy atom. The Bertz CT molecular complexity index is 454. The van der Waals surface area contributed by atoms with Gasteiger partial charge in [-0.15, -0.1) is 0 Å². The molecule has 1 N–H and O–H groups in total. The molecule has 0 spiro atoms. The van der Waals surface area contributed by atoms with Crippen LogP contribution in [0.3, 0.4) is 0 Å². The van der Waals surface area contributed by atoms with Gasteiger partial charge in [0.25, 0.3) is 0 Å². The second kappa shape index (κ2) is 5.83. The molecular weight excluding hydrogens is 224 g/mol. The molecule has 18 heavy (non-hydrogen) atoms. The summed E-state index contributed by atoms with van der Waals surface area (Å²) in [6.07, 6.45) is 3.59. The van der Waals surface area contributed by atoms with E-state index in [1.54, 1.807) is 6.08 Å². The van der Waals surface area contributed by atoms with Crippen LogP contribution in [0.15, 0.2) is 30.3 Å². The van der Waals surface area contributed by atoms with Crippen LogP contribution in [-0.2, 0) is 4.79 Å². The van der Waals surface area contributed by atoms with Gasteiger partial charge in [-0.05, 0) is 31.1 Å². The van der Waals surface area contributed by atoms with Crippen LogP contribution in [0.5, 0.6) is 0 Å². The van der Waals surface area contributed by atoms with E-state index in [-0.39, 0.29) is 11.9 Å². The van der Waals surface area contributed by atoms with Gasteiger partial charge in [-0.25, -0.2) is 0 Å². The van der Waals surface area contributed by atoms with Crippen LogP contribution >= 0.6 is 0 Å². The molecule has 1 aromatic rings. The first-order valence-electron chi connectivity index (χ1n) is 6.43. The molecule has 1 atom stereocenters. The maximum absolute atomic E-state index is 12.1. The van der Waals surface area contributed by atoms with E-state index in [1.165, 1.54) is 5.56 Å². The quantitative estimate of drug-likeness (QED) is 0.805. The molecule has 0 bridgehead atoms. The fourth-order valence-corrected chi connectivity index (χ4v) is 2.20. The Kier molecular flexibility index (Phi) is 4.15. The first kappa shape index (κ1) is 12.8. The van der Waals surface area contributed by atoms with Gasteiger partial charge in [0.05, 0.1) is 0 Å². The number of carbonyl (C=O) groups excluding carboxylic acids is 1. The normalized spacial score (nSPS) is 20.3. The minimum absolute atomic E-state index is 0.104. The highest BCUT2D eigenvalue weighted by Crippen LogP contribution is 2.10. The van der Waals surface area contributed by atoms with Crippen LogP contribution in [0, 0.1) is 6.92 Å². The number of piperazine rings is 1. The monoisotopic (exact) mass is 244 g/mol. The largest absolute Gasteiger partial charge is 0.334 e. The molecule has 0 radical (unpaired) electrons. The Labute approximate surface area is 108 Å². The second-order valence-electron chi connectivity index (χ2n) is 4.77. The first-order chi connectivity index (χ1) is 8.68. The van der Waals surface area contributed by atoms with Gasteiger partial charge in [0, 0.05) is 31.8 Å². The summed E-state index contributed by atoms with van der Waals surface area (Å²) in [5, 5.41) is 3.28. The van der Waals surface area contributed by atoms with Crippen molar-refractivity contribution in [3.05, 3.63) is 41.5 Å². The zero-order chi connectivity index (χ0) is 13.0. The maximum atomic E-state index is 12.1. The van der Waals surface area contributed by atoms with Crippen LogP contribution < -0.4 is 5.32 Å². The van der Waals surface area contributed by atoms with Crippen LogP contribution in [0.2, 0.25) is 0 Å². The summed E-state index contributed by atoms with van der Waals surface area (Å²) in [7, 11) is 0. The van der Waals surface area contributed by atoms with Gasteiger partial charge in [0.1, 0.15) is 0 Å². The average Bonchev–Trinajstić information content (AvgIpc) is 2.38. The van der Waals surface area contributed by atoms with E-state index in [9.17, 15) is 4.79 Å². The molecule has 3 heteroatoms. The van der Waals surface area contributed by atoms with Crippen molar-refractivity contribution in [2.75, 3.05) is 19.6 Å². The topological polar surface area (TPSA) is 32.3 Å². The molecule has 1 aliphatic heterocycles. The third kappa shape index (κ3) is 2.99. The maximum Gasteiger partial charge on any atom is 0.246 e. The Balaban J connectivity index is 2.05. The molecule has 3 nitrogen and oxygen atoms in total. The average molecular weight is 244 g/mol. The standard InChI is InChI=1S/C15H20N2O/c1-12-5-3-4-6-14(12)7-8-15(18)17-10-9-16-11-13(17)2/h3-8,13,16H,9-11H2,1-2H3. The van der Waals surface area contributed by atoms with Crippen molar-refractivity contribution in [3.8, 4) is 0 Å². The van der Waals surface area contributed by atoms with Crippen LogP contribution in [0.1, 0.15) is 18.1 Å². The molecule has 1 aliphatic rings. The van der Waals surface area contributed by atoms with E-state index in [1.807, 2.05) is 29.2 Å². The van der Waals surface area contributed by atoms with Crippen molar-refractivity contribution in [1.29, 1.82) is 0 Å². The number of amides is 1.